The molecule has 0 bridgehead atoms. The lowest BCUT2D eigenvalue weighted by atomic mass is 10.1. The van der Waals surface area contributed by atoms with Gasteiger partial charge in [-0.2, -0.15) is 0 Å². The Bertz CT molecular complexity index is 263. The number of aliphatic hydroxyl groups is 1. The lowest BCUT2D eigenvalue weighted by Gasteiger charge is -2.21. The van der Waals surface area contributed by atoms with E-state index in [0.717, 1.165) is 19.4 Å². The highest BCUT2D eigenvalue weighted by Gasteiger charge is 2.13. The van der Waals surface area contributed by atoms with E-state index in [1.165, 1.54) is 25.7 Å². The second-order valence-electron chi connectivity index (χ2n) is 5.40. The van der Waals surface area contributed by atoms with Crippen LogP contribution in [0.1, 0.15) is 52.4 Å². The van der Waals surface area contributed by atoms with Crippen LogP contribution < -0.4 is 0 Å². The Hall–Kier alpha value is -0.850. The standard InChI is InChI=1S/C17H35NO5/c1-3-5-6-7-8-9-10-18(17(20)23-4-2)11-13-21-15-16-22-14-12-19/h19H,3-16H2,1-2H3. The summed E-state index contributed by atoms with van der Waals surface area (Å²) in [6.45, 7) is 7.41. The van der Waals surface area contributed by atoms with E-state index in [2.05, 4.69) is 6.92 Å². The fraction of sp³-hybridized carbons (Fsp3) is 0.941. The molecule has 0 spiro atoms. The molecule has 6 nitrogen and oxygen atoms in total. The van der Waals surface area contributed by atoms with E-state index in [-0.39, 0.29) is 12.7 Å². The van der Waals surface area contributed by atoms with Crippen molar-refractivity contribution in [1.29, 1.82) is 0 Å². The molecule has 0 fully saturated rings. The zero-order valence-corrected chi connectivity index (χ0v) is 14.9. The van der Waals surface area contributed by atoms with Crippen molar-refractivity contribution in [2.24, 2.45) is 0 Å². The largest absolute Gasteiger partial charge is 0.450 e. The molecular weight excluding hydrogens is 298 g/mol. The van der Waals surface area contributed by atoms with E-state index in [9.17, 15) is 4.79 Å². The van der Waals surface area contributed by atoms with Crippen molar-refractivity contribution in [1.82, 2.24) is 4.90 Å². The Kier molecular flexibility index (Phi) is 16.9. The fourth-order valence-electron chi connectivity index (χ4n) is 2.15. The van der Waals surface area contributed by atoms with Gasteiger partial charge in [-0.15, -0.1) is 0 Å². The van der Waals surface area contributed by atoms with Gasteiger partial charge in [-0.25, -0.2) is 4.79 Å². The number of nitrogens with zero attached hydrogens (tertiary/aromatic N) is 1. The number of rotatable bonds is 16. The minimum atomic E-state index is -0.263. The first kappa shape index (κ1) is 22.1. The van der Waals surface area contributed by atoms with Crippen molar-refractivity contribution in [3.05, 3.63) is 0 Å². The zero-order valence-electron chi connectivity index (χ0n) is 14.9. The van der Waals surface area contributed by atoms with Crippen LogP contribution in [-0.2, 0) is 14.2 Å². The molecule has 0 atom stereocenters. The molecule has 6 heteroatoms. The first-order valence-corrected chi connectivity index (χ1v) is 8.94. The number of carbonyl (C=O) groups is 1. The van der Waals surface area contributed by atoms with Crippen molar-refractivity contribution < 1.29 is 24.1 Å². The predicted molar refractivity (Wildman–Crippen MR) is 90.7 cm³/mol. The highest BCUT2D eigenvalue weighted by Crippen LogP contribution is 2.06. The Balaban J connectivity index is 3.80. The SMILES string of the molecule is CCCCCCCCN(CCOCCOCCO)C(=O)OCC. The molecule has 0 aromatic rings. The Morgan fingerprint density at radius 3 is 2.17 bits per heavy atom. The second-order valence-corrected chi connectivity index (χ2v) is 5.40. The molecule has 138 valence electrons. The van der Waals surface area contributed by atoms with Crippen molar-refractivity contribution in [2.45, 2.75) is 52.4 Å². The smallest absolute Gasteiger partial charge is 0.409 e. The van der Waals surface area contributed by atoms with E-state index in [0.29, 0.717) is 39.6 Å². The maximum absolute atomic E-state index is 11.9. The van der Waals surface area contributed by atoms with Crippen molar-refractivity contribution in [2.75, 3.05) is 52.7 Å². The summed E-state index contributed by atoms with van der Waals surface area (Å²) in [6, 6.07) is 0. The van der Waals surface area contributed by atoms with Crippen LogP contribution in [0, 0.1) is 0 Å². The van der Waals surface area contributed by atoms with Crippen LogP contribution in [0.3, 0.4) is 0 Å². The van der Waals surface area contributed by atoms with Gasteiger partial charge in [0.1, 0.15) is 0 Å². The lowest BCUT2D eigenvalue weighted by Crippen LogP contribution is -2.35. The molecule has 0 aromatic carbocycles. The molecule has 0 aliphatic carbocycles. The first-order valence-electron chi connectivity index (χ1n) is 8.94. The Labute approximate surface area is 141 Å². The maximum Gasteiger partial charge on any atom is 0.409 e. The average Bonchev–Trinajstić information content (AvgIpc) is 2.55. The minimum Gasteiger partial charge on any atom is -0.450 e. The van der Waals surface area contributed by atoms with Gasteiger partial charge in [0.2, 0.25) is 0 Å². The van der Waals surface area contributed by atoms with E-state index in [1.807, 2.05) is 6.92 Å². The van der Waals surface area contributed by atoms with Crippen LogP contribution >= 0.6 is 0 Å². The van der Waals surface area contributed by atoms with E-state index in [4.69, 9.17) is 19.3 Å². The highest BCUT2D eigenvalue weighted by molar-refractivity contribution is 5.67. The summed E-state index contributed by atoms with van der Waals surface area (Å²) in [4.78, 5) is 13.6. The van der Waals surface area contributed by atoms with Gasteiger partial charge in [0.25, 0.3) is 0 Å². The maximum atomic E-state index is 11.9. The van der Waals surface area contributed by atoms with Crippen LogP contribution in [0.4, 0.5) is 4.79 Å². The third kappa shape index (κ3) is 14.5. The molecular formula is C17H35NO5. The summed E-state index contributed by atoms with van der Waals surface area (Å²) >= 11 is 0. The van der Waals surface area contributed by atoms with Crippen LogP contribution in [0.15, 0.2) is 0 Å². The van der Waals surface area contributed by atoms with Gasteiger partial charge < -0.3 is 24.2 Å². The Morgan fingerprint density at radius 2 is 1.52 bits per heavy atom. The van der Waals surface area contributed by atoms with Gasteiger partial charge in [0.15, 0.2) is 0 Å². The molecule has 0 aromatic heterocycles. The molecule has 0 saturated heterocycles. The number of hydrogen-bond donors (Lipinski definition) is 1. The summed E-state index contributed by atoms with van der Waals surface area (Å²) in [7, 11) is 0. The number of aliphatic hydroxyl groups excluding tert-OH is 1. The lowest BCUT2D eigenvalue weighted by molar-refractivity contribution is 0.0250. The van der Waals surface area contributed by atoms with Gasteiger partial charge in [-0.05, 0) is 13.3 Å². The van der Waals surface area contributed by atoms with Crippen LogP contribution in [0.25, 0.3) is 0 Å². The summed E-state index contributed by atoms with van der Waals surface area (Å²) in [5.41, 5.74) is 0. The van der Waals surface area contributed by atoms with Gasteiger partial charge in [-0.3, -0.25) is 0 Å². The topological polar surface area (TPSA) is 68.2 Å². The number of carbonyl (C=O) groups excluding carboxylic acids is 1. The van der Waals surface area contributed by atoms with Crippen molar-refractivity contribution >= 4 is 6.09 Å². The molecule has 0 radical (unpaired) electrons. The normalized spacial score (nSPS) is 10.7. The molecule has 0 rings (SSSR count). The van der Waals surface area contributed by atoms with Gasteiger partial charge in [0, 0.05) is 13.1 Å². The number of ether oxygens (including phenoxy) is 3. The Morgan fingerprint density at radius 1 is 0.870 bits per heavy atom. The van der Waals surface area contributed by atoms with Crippen LogP contribution in [0.5, 0.6) is 0 Å². The molecule has 0 saturated carbocycles. The molecule has 1 amide bonds. The number of unbranched alkanes of at least 4 members (excludes halogenated alkanes) is 5. The highest BCUT2D eigenvalue weighted by atomic mass is 16.6. The quantitative estimate of drug-likeness (QED) is 0.440. The predicted octanol–water partition coefficient (Wildman–Crippen LogP) is 2.83. The minimum absolute atomic E-state index is 0.0227. The van der Waals surface area contributed by atoms with Gasteiger partial charge >= 0.3 is 6.09 Å². The summed E-state index contributed by atoms with van der Waals surface area (Å²) in [5.74, 6) is 0. The van der Waals surface area contributed by atoms with Gasteiger partial charge in [0.05, 0.1) is 39.6 Å². The molecule has 0 heterocycles. The summed E-state index contributed by atoms with van der Waals surface area (Å²) < 4.78 is 15.6. The van der Waals surface area contributed by atoms with E-state index >= 15 is 0 Å². The second kappa shape index (κ2) is 17.5. The summed E-state index contributed by atoms with van der Waals surface area (Å²) in [6.07, 6.45) is 6.91. The zero-order chi connectivity index (χ0) is 17.2. The molecule has 0 aliphatic heterocycles. The fourth-order valence-corrected chi connectivity index (χ4v) is 2.15. The van der Waals surface area contributed by atoms with Gasteiger partial charge in [-0.1, -0.05) is 39.0 Å². The van der Waals surface area contributed by atoms with Crippen molar-refractivity contribution in [3.8, 4) is 0 Å². The molecule has 0 unspecified atom stereocenters. The summed E-state index contributed by atoms with van der Waals surface area (Å²) in [5, 5.41) is 8.58. The molecule has 23 heavy (non-hydrogen) atoms. The number of hydrogen-bond acceptors (Lipinski definition) is 5. The van der Waals surface area contributed by atoms with E-state index in [1.54, 1.807) is 4.90 Å². The monoisotopic (exact) mass is 333 g/mol. The third-order valence-corrected chi connectivity index (χ3v) is 3.42. The van der Waals surface area contributed by atoms with Crippen LogP contribution in [-0.4, -0.2) is 68.8 Å². The first-order chi connectivity index (χ1) is 11.3. The third-order valence-electron chi connectivity index (χ3n) is 3.42. The molecule has 1 N–H and O–H groups in total. The average molecular weight is 333 g/mol. The van der Waals surface area contributed by atoms with Crippen molar-refractivity contribution in [3.63, 3.8) is 0 Å². The van der Waals surface area contributed by atoms with Crippen LogP contribution in [0.2, 0.25) is 0 Å². The number of amides is 1. The van der Waals surface area contributed by atoms with E-state index < -0.39 is 0 Å². The molecule has 0 aliphatic rings.